The molecule has 0 aromatic heterocycles. The third-order valence-corrected chi connectivity index (χ3v) is 6.31. The Morgan fingerprint density at radius 1 is 1.14 bits per heavy atom. The molecule has 0 aromatic rings. The maximum absolute atomic E-state index is 12.6. The first-order valence-electron chi connectivity index (χ1n) is 9.87. The fraction of sp³-hybridized carbons (Fsp3) is 0.778. The number of fused-ring (bicyclic) bond motifs is 1. The molecule has 28 heavy (non-hydrogen) atoms. The number of amides is 6. The number of nitrogens with zero attached hydrogens (tertiary/aromatic N) is 2. The molecule has 0 radical (unpaired) electrons. The number of carbonyl (C=O) groups is 4. The molecule has 10 heteroatoms. The van der Waals surface area contributed by atoms with Crippen LogP contribution in [0.3, 0.4) is 0 Å². The molecule has 0 aromatic carbocycles. The summed E-state index contributed by atoms with van der Waals surface area (Å²) in [5.74, 6) is -0.0837. The van der Waals surface area contributed by atoms with Gasteiger partial charge in [-0.15, -0.1) is 0 Å². The zero-order valence-electron chi connectivity index (χ0n) is 16.2. The zero-order chi connectivity index (χ0) is 20.1. The van der Waals surface area contributed by atoms with E-state index in [9.17, 15) is 19.2 Å². The molecular formula is C18H27N5O5. The lowest BCUT2D eigenvalue weighted by Gasteiger charge is -2.42. The van der Waals surface area contributed by atoms with E-state index in [1.54, 1.807) is 18.7 Å². The number of imide groups is 1. The van der Waals surface area contributed by atoms with Crippen molar-refractivity contribution in [2.45, 2.75) is 50.9 Å². The molecule has 0 aliphatic carbocycles. The van der Waals surface area contributed by atoms with Crippen molar-refractivity contribution in [1.29, 1.82) is 0 Å². The number of hydrogen-bond donors (Lipinski definition) is 3. The Bertz CT molecular complexity index is 702. The Kier molecular flexibility index (Phi) is 4.68. The van der Waals surface area contributed by atoms with Crippen LogP contribution in [0.5, 0.6) is 0 Å². The number of urea groups is 2. The van der Waals surface area contributed by atoms with Gasteiger partial charge in [-0.25, -0.2) is 9.59 Å². The van der Waals surface area contributed by atoms with E-state index < -0.39 is 11.6 Å². The average Bonchev–Trinajstić information content (AvgIpc) is 3.19. The first-order valence-corrected chi connectivity index (χ1v) is 9.87. The largest absolute Gasteiger partial charge is 0.358 e. The van der Waals surface area contributed by atoms with Gasteiger partial charge in [0.2, 0.25) is 5.91 Å². The minimum atomic E-state index is -0.975. The molecule has 4 aliphatic heterocycles. The van der Waals surface area contributed by atoms with Crippen molar-refractivity contribution >= 4 is 23.9 Å². The number of hydrogen-bond acceptors (Lipinski definition) is 5. The van der Waals surface area contributed by atoms with Crippen LogP contribution in [0.4, 0.5) is 9.59 Å². The van der Waals surface area contributed by atoms with Gasteiger partial charge < -0.3 is 25.6 Å². The third kappa shape index (κ3) is 3.30. The van der Waals surface area contributed by atoms with Crippen molar-refractivity contribution in [2.24, 2.45) is 11.8 Å². The highest BCUT2D eigenvalue weighted by Crippen LogP contribution is 2.33. The second kappa shape index (κ2) is 6.91. The topological polar surface area (TPSA) is 120 Å². The smallest absolute Gasteiger partial charge is 0.325 e. The summed E-state index contributed by atoms with van der Waals surface area (Å²) < 4.78 is 5.61. The lowest BCUT2D eigenvalue weighted by atomic mass is 9.80. The highest BCUT2D eigenvalue weighted by atomic mass is 16.5. The zero-order valence-corrected chi connectivity index (χ0v) is 16.2. The second-order valence-corrected chi connectivity index (χ2v) is 8.55. The van der Waals surface area contributed by atoms with Crippen LogP contribution in [0, 0.1) is 11.8 Å². The van der Waals surface area contributed by atoms with Crippen LogP contribution >= 0.6 is 0 Å². The maximum Gasteiger partial charge on any atom is 0.325 e. The molecule has 4 rings (SSSR count). The highest BCUT2D eigenvalue weighted by Gasteiger charge is 2.47. The van der Waals surface area contributed by atoms with E-state index in [1.807, 2.05) is 0 Å². The Hall–Kier alpha value is -2.36. The first-order chi connectivity index (χ1) is 13.3. The number of ether oxygens (including phenoxy) is 1. The highest BCUT2D eigenvalue weighted by molar-refractivity contribution is 6.08. The van der Waals surface area contributed by atoms with Crippen LogP contribution in [-0.2, 0) is 14.3 Å². The van der Waals surface area contributed by atoms with Crippen LogP contribution < -0.4 is 16.0 Å². The predicted octanol–water partition coefficient (Wildman–Crippen LogP) is -0.401. The van der Waals surface area contributed by atoms with Gasteiger partial charge >= 0.3 is 12.1 Å². The predicted molar refractivity (Wildman–Crippen MR) is 96.9 cm³/mol. The summed E-state index contributed by atoms with van der Waals surface area (Å²) in [4.78, 5) is 51.5. The average molecular weight is 393 g/mol. The number of piperidine rings is 1. The lowest BCUT2D eigenvalue weighted by Crippen LogP contribution is -2.62. The van der Waals surface area contributed by atoms with Crippen LogP contribution in [0.25, 0.3) is 0 Å². The summed E-state index contributed by atoms with van der Waals surface area (Å²) in [6.07, 6.45) is 2.22. The molecule has 3 atom stereocenters. The minimum absolute atomic E-state index is 0.0465. The van der Waals surface area contributed by atoms with Gasteiger partial charge in [-0.05, 0) is 39.0 Å². The Balaban J connectivity index is 1.33. The van der Waals surface area contributed by atoms with E-state index in [1.165, 1.54) is 0 Å². The van der Waals surface area contributed by atoms with Crippen LogP contribution in [-0.4, -0.2) is 77.7 Å². The number of carbonyl (C=O) groups excluding carboxylic acids is 4. The summed E-state index contributed by atoms with van der Waals surface area (Å²) in [7, 11) is 0. The molecule has 0 unspecified atom stereocenters. The van der Waals surface area contributed by atoms with Gasteiger partial charge in [0.25, 0.3) is 5.91 Å². The fourth-order valence-corrected chi connectivity index (χ4v) is 4.72. The molecule has 0 spiro atoms. The Morgan fingerprint density at radius 3 is 2.50 bits per heavy atom. The van der Waals surface area contributed by atoms with Crippen molar-refractivity contribution < 1.29 is 23.9 Å². The van der Waals surface area contributed by atoms with E-state index in [4.69, 9.17) is 4.74 Å². The van der Waals surface area contributed by atoms with E-state index in [0.29, 0.717) is 19.7 Å². The van der Waals surface area contributed by atoms with Gasteiger partial charge in [0.1, 0.15) is 18.3 Å². The molecule has 4 saturated heterocycles. The summed E-state index contributed by atoms with van der Waals surface area (Å²) >= 11 is 0. The van der Waals surface area contributed by atoms with E-state index in [2.05, 4.69) is 16.0 Å². The molecule has 0 saturated carbocycles. The van der Waals surface area contributed by atoms with Crippen molar-refractivity contribution in [3.8, 4) is 0 Å². The second-order valence-electron chi connectivity index (χ2n) is 8.55. The fourth-order valence-electron chi connectivity index (χ4n) is 4.72. The maximum atomic E-state index is 12.6. The Labute approximate surface area is 163 Å². The number of likely N-dealkylation sites (tertiary alicyclic amines) is 1. The summed E-state index contributed by atoms with van der Waals surface area (Å²) in [5, 5.41) is 8.44. The van der Waals surface area contributed by atoms with Crippen LogP contribution in [0.15, 0.2) is 0 Å². The number of nitrogens with one attached hydrogen (secondary N) is 3. The van der Waals surface area contributed by atoms with Gasteiger partial charge in [0, 0.05) is 31.7 Å². The quantitative estimate of drug-likeness (QED) is 0.564. The Morgan fingerprint density at radius 2 is 1.86 bits per heavy atom. The molecule has 4 heterocycles. The first kappa shape index (κ1) is 19.0. The van der Waals surface area contributed by atoms with Gasteiger partial charge in [-0.1, -0.05) is 0 Å². The SMILES string of the molecule is CC1(C)NC(=O)N(CC(=O)N2CCC([C@@H]3NC(=O)N[C@H]4OCC[C@H]43)CC2)C1=O. The van der Waals surface area contributed by atoms with Crippen molar-refractivity contribution in [3.05, 3.63) is 0 Å². The van der Waals surface area contributed by atoms with Crippen molar-refractivity contribution in [3.63, 3.8) is 0 Å². The molecule has 4 aliphatic rings. The summed E-state index contributed by atoms with van der Waals surface area (Å²) in [5.41, 5.74) is -0.975. The van der Waals surface area contributed by atoms with Gasteiger partial charge in [-0.3, -0.25) is 14.5 Å². The van der Waals surface area contributed by atoms with Crippen molar-refractivity contribution in [1.82, 2.24) is 25.8 Å². The third-order valence-electron chi connectivity index (χ3n) is 6.31. The normalized spacial score (nSPS) is 32.6. The molecular weight excluding hydrogens is 366 g/mol. The lowest BCUT2D eigenvalue weighted by molar-refractivity contribution is -0.139. The van der Waals surface area contributed by atoms with Gasteiger partial charge in [0.15, 0.2) is 0 Å². The summed E-state index contributed by atoms with van der Waals surface area (Å²) in [6.45, 7) is 4.75. The van der Waals surface area contributed by atoms with Crippen molar-refractivity contribution in [2.75, 3.05) is 26.2 Å². The van der Waals surface area contributed by atoms with E-state index >= 15 is 0 Å². The molecule has 3 N–H and O–H groups in total. The summed E-state index contributed by atoms with van der Waals surface area (Å²) in [6, 6.07) is -0.680. The van der Waals surface area contributed by atoms with Gasteiger partial charge in [-0.2, -0.15) is 0 Å². The monoisotopic (exact) mass is 393 g/mol. The minimum Gasteiger partial charge on any atom is -0.358 e. The standard InChI is InChI=1S/C18H27N5O5/c1-18(2)15(25)23(17(27)21-18)9-12(24)22-6-3-10(4-7-22)13-11-5-8-28-14(11)20-16(26)19-13/h10-11,13-14H,3-9H2,1-2H3,(H,21,27)(H2,19,20,26)/t11-,13-,14-/m0/s1. The molecule has 10 nitrogen and oxygen atoms in total. The van der Waals surface area contributed by atoms with Crippen LogP contribution in [0.1, 0.15) is 33.1 Å². The molecule has 6 amide bonds. The molecule has 154 valence electrons. The number of rotatable bonds is 3. The van der Waals surface area contributed by atoms with Crippen LogP contribution in [0.2, 0.25) is 0 Å². The van der Waals surface area contributed by atoms with E-state index in [-0.39, 0.29) is 48.5 Å². The van der Waals surface area contributed by atoms with E-state index in [0.717, 1.165) is 24.2 Å². The molecule has 0 bridgehead atoms. The van der Waals surface area contributed by atoms with Gasteiger partial charge in [0.05, 0.1) is 0 Å². The molecule has 4 fully saturated rings.